The largest absolute Gasteiger partial charge is 0.453 e. The molecule has 0 atom stereocenters. The van der Waals surface area contributed by atoms with Crippen molar-refractivity contribution in [2.75, 3.05) is 27.4 Å². The van der Waals surface area contributed by atoms with Gasteiger partial charge in [-0.15, -0.1) is 0 Å². The highest BCUT2D eigenvalue weighted by molar-refractivity contribution is 6.02. The smallest absolute Gasteiger partial charge is 0.231 e. The van der Waals surface area contributed by atoms with Crippen LogP contribution in [0, 0.1) is 16.7 Å². The summed E-state index contributed by atoms with van der Waals surface area (Å²) < 4.78 is 11.2. The number of allylic oxidation sites excluding steroid dienone is 1. The molecule has 0 radical (unpaired) electrons. The van der Waals surface area contributed by atoms with Gasteiger partial charge in [0.2, 0.25) is 6.79 Å². The molecule has 7 nitrogen and oxygen atoms in total. The van der Waals surface area contributed by atoms with E-state index in [0.29, 0.717) is 18.0 Å². The molecule has 0 aromatic heterocycles. The second kappa shape index (κ2) is 8.04. The molecule has 0 saturated carbocycles. The summed E-state index contributed by atoms with van der Waals surface area (Å²) in [6, 6.07) is 5.80. The number of nitrogens with two attached hydrogens (primary N) is 1. The summed E-state index contributed by atoms with van der Waals surface area (Å²) in [5, 5.41) is 23.1. The molecule has 0 unspecified atom stereocenters. The lowest BCUT2D eigenvalue weighted by Gasteiger charge is -2.13. The predicted molar refractivity (Wildman–Crippen MR) is 92.8 cm³/mol. The van der Waals surface area contributed by atoms with Crippen molar-refractivity contribution >= 4 is 11.4 Å². The Kier molecular flexibility index (Phi) is 5.82. The van der Waals surface area contributed by atoms with Gasteiger partial charge in [0.05, 0.1) is 11.3 Å². The Morgan fingerprint density at radius 3 is 2.75 bits per heavy atom. The molecule has 1 aliphatic heterocycles. The maximum Gasteiger partial charge on any atom is 0.231 e. The van der Waals surface area contributed by atoms with E-state index in [1.54, 1.807) is 7.05 Å². The number of rotatable bonds is 7. The van der Waals surface area contributed by atoms with Gasteiger partial charge in [-0.25, -0.2) is 0 Å². The first-order chi connectivity index (χ1) is 11.7. The molecule has 2 rings (SSSR count). The lowest BCUT2D eigenvalue weighted by Crippen LogP contribution is -2.10. The van der Waals surface area contributed by atoms with E-state index in [1.165, 1.54) is 6.20 Å². The van der Waals surface area contributed by atoms with Gasteiger partial charge < -0.3 is 31.3 Å². The number of benzene rings is 1. The maximum absolute atomic E-state index is 9.12. The Morgan fingerprint density at radius 1 is 1.38 bits per heavy atom. The number of hydrogen-bond acceptors (Lipinski definition) is 7. The number of fused-ring (bicyclic) bond motifs is 1. The summed E-state index contributed by atoms with van der Waals surface area (Å²) in [5.74, 6) is 1.24. The molecule has 7 heteroatoms. The van der Waals surface area contributed by atoms with Crippen molar-refractivity contribution in [1.82, 2.24) is 10.6 Å². The van der Waals surface area contributed by atoms with E-state index in [0.717, 1.165) is 16.8 Å². The summed E-state index contributed by atoms with van der Waals surface area (Å²) >= 11 is 0. The van der Waals surface area contributed by atoms with E-state index in [-0.39, 0.29) is 24.5 Å². The molecular formula is C17H21N5O2. The van der Waals surface area contributed by atoms with E-state index in [1.807, 2.05) is 31.3 Å². The van der Waals surface area contributed by atoms with Crippen molar-refractivity contribution in [2.45, 2.75) is 6.42 Å². The molecule has 0 amide bonds. The van der Waals surface area contributed by atoms with Crippen molar-refractivity contribution in [3.63, 3.8) is 0 Å². The van der Waals surface area contributed by atoms with Crippen molar-refractivity contribution in [3.05, 3.63) is 41.1 Å². The van der Waals surface area contributed by atoms with E-state index in [2.05, 4.69) is 10.6 Å². The van der Waals surface area contributed by atoms with Gasteiger partial charge in [0.25, 0.3) is 0 Å². The van der Waals surface area contributed by atoms with Gasteiger partial charge in [-0.3, -0.25) is 0 Å². The summed E-state index contributed by atoms with van der Waals surface area (Å²) in [4.78, 5) is 0. The fraction of sp³-hybridized carbons (Fsp3) is 0.294. The quantitative estimate of drug-likeness (QED) is 0.440. The number of nitrogens with zero attached hydrogens (tertiary/aromatic N) is 1. The molecule has 0 bridgehead atoms. The first-order valence-electron chi connectivity index (χ1n) is 7.51. The van der Waals surface area contributed by atoms with Crippen LogP contribution in [0.4, 0.5) is 0 Å². The molecule has 1 heterocycles. The van der Waals surface area contributed by atoms with Gasteiger partial charge in [-0.05, 0) is 12.1 Å². The Hall–Kier alpha value is -2.98. The topological polar surface area (TPSA) is 116 Å². The minimum Gasteiger partial charge on any atom is -0.453 e. The molecule has 0 spiro atoms. The van der Waals surface area contributed by atoms with Crippen LogP contribution in [0.25, 0.3) is 5.70 Å². The van der Waals surface area contributed by atoms with Crippen LogP contribution in [0.1, 0.15) is 11.1 Å². The summed E-state index contributed by atoms with van der Waals surface area (Å²) in [6.45, 7) is 0.530. The number of nitrogens with one attached hydrogen (secondary N) is 3. The van der Waals surface area contributed by atoms with Crippen LogP contribution < -0.4 is 25.8 Å². The van der Waals surface area contributed by atoms with Gasteiger partial charge in [0.1, 0.15) is 6.07 Å². The highest BCUT2D eigenvalue weighted by Gasteiger charge is 2.24. The Morgan fingerprint density at radius 2 is 2.12 bits per heavy atom. The van der Waals surface area contributed by atoms with Gasteiger partial charge in [-0.1, -0.05) is 6.07 Å². The third-order valence-corrected chi connectivity index (χ3v) is 3.58. The van der Waals surface area contributed by atoms with Gasteiger partial charge in [-0.2, -0.15) is 5.26 Å². The maximum atomic E-state index is 9.12. The molecule has 0 saturated heterocycles. The zero-order valence-electron chi connectivity index (χ0n) is 13.8. The minimum absolute atomic E-state index is 0.129. The van der Waals surface area contributed by atoms with Gasteiger partial charge >= 0.3 is 0 Å². The number of nitriles is 1. The van der Waals surface area contributed by atoms with Crippen molar-refractivity contribution in [2.24, 2.45) is 5.73 Å². The summed E-state index contributed by atoms with van der Waals surface area (Å²) in [7, 11) is 3.51. The molecule has 1 aliphatic rings. The van der Waals surface area contributed by atoms with Crippen molar-refractivity contribution in [1.29, 1.82) is 10.7 Å². The second-order valence-electron chi connectivity index (χ2n) is 5.05. The second-order valence-corrected chi connectivity index (χ2v) is 5.05. The third-order valence-electron chi connectivity index (χ3n) is 3.58. The lowest BCUT2D eigenvalue weighted by molar-refractivity contribution is 0.173. The van der Waals surface area contributed by atoms with Crippen LogP contribution in [0.3, 0.4) is 0 Å². The highest BCUT2D eigenvalue weighted by atomic mass is 16.7. The minimum atomic E-state index is 0.129. The SMILES string of the molecule is CN/C=C(/C#N)C(=N)Cc1ccc(/C(=C/CN)NC)c2c1OCO2. The average molecular weight is 327 g/mol. The van der Waals surface area contributed by atoms with Crippen LogP contribution in [-0.2, 0) is 6.42 Å². The standard InChI is InChI=1S/C17H21N5O2/c1-21-9-12(8-19)14(20)7-11-3-4-13(15(22-2)5-6-18)17-16(11)23-10-24-17/h3-5,9,20-22H,6-7,10,18H2,1-2H3/b12-9-,15-5-,20-14?. The number of hydrogen-bond donors (Lipinski definition) is 4. The Bertz CT molecular complexity index is 731. The average Bonchev–Trinajstić information content (AvgIpc) is 3.08. The van der Waals surface area contributed by atoms with E-state index >= 15 is 0 Å². The van der Waals surface area contributed by atoms with Crippen LogP contribution in [-0.4, -0.2) is 33.1 Å². The molecule has 1 aromatic carbocycles. The molecular weight excluding hydrogens is 306 g/mol. The first-order valence-corrected chi connectivity index (χ1v) is 7.51. The third kappa shape index (κ3) is 3.50. The first kappa shape index (κ1) is 17.4. The lowest BCUT2D eigenvalue weighted by atomic mass is 9.99. The monoisotopic (exact) mass is 327 g/mol. The van der Waals surface area contributed by atoms with Crippen LogP contribution in [0.15, 0.2) is 30.0 Å². The van der Waals surface area contributed by atoms with Crippen LogP contribution >= 0.6 is 0 Å². The van der Waals surface area contributed by atoms with Crippen molar-refractivity contribution in [3.8, 4) is 17.6 Å². The predicted octanol–water partition coefficient (Wildman–Crippen LogP) is 1.12. The van der Waals surface area contributed by atoms with E-state index < -0.39 is 0 Å². The van der Waals surface area contributed by atoms with Crippen LogP contribution in [0.2, 0.25) is 0 Å². The van der Waals surface area contributed by atoms with E-state index in [4.69, 9.17) is 25.9 Å². The van der Waals surface area contributed by atoms with Crippen molar-refractivity contribution < 1.29 is 9.47 Å². The molecule has 126 valence electrons. The normalized spacial score (nSPS) is 13.4. The molecule has 0 fully saturated rings. The highest BCUT2D eigenvalue weighted by Crippen LogP contribution is 2.41. The van der Waals surface area contributed by atoms with Crippen LogP contribution in [0.5, 0.6) is 11.5 Å². The molecule has 5 N–H and O–H groups in total. The summed E-state index contributed by atoms with van der Waals surface area (Å²) in [5.41, 5.74) is 8.61. The zero-order valence-corrected chi connectivity index (χ0v) is 13.8. The summed E-state index contributed by atoms with van der Waals surface area (Å²) in [6.07, 6.45) is 3.66. The zero-order chi connectivity index (χ0) is 17.5. The fourth-order valence-electron chi connectivity index (χ4n) is 2.49. The molecule has 1 aromatic rings. The fourth-order valence-corrected chi connectivity index (χ4v) is 2.49. The Balaban J connectivity index is 2.37. The number of ether oxygens (including phenoxy) is 2. The van der Waals surface area contributed by atoms with Gasteiger partial charge in [0, 0.05) is 50.1 Å². The molecule has 24 heavy (non-hydrogen) atoms. The van der Waals surface area contributed by atoms with Gasteiger partial charge in [0.15, 0.2) is 11.5 Å². The molecule has 0 aliphatic carbocycles. The Labute approximate surface area is 141 Å². The van der Waals surface area contributed by atoms with E-state index in [9.17, 15) is 0 Å².